The minimum absolute atomic E-state index is 0.0742. The van der Waals surface area contributed by atoms with Crippen LogP contribution in [-0.4, -0.2) is 23.5 Å². The first-order chi connectivity index (χ1) is 12.4. The van der Waals surface area contributed by atoms with Crippen molar-refractivity contribution in [2.24, 2.45) is 0 Å². The molecule has 3 rings (SSSR count). The molecular weight excluding hydrogens is 336 g/mol. The zero-order valence-electron chi connectivity index (χ0n) is 14.9. The Morgan fingerprint density at radius 1 is 1.38 bits per heavy atom. The van der Waals surface area contributed by atoms with Gasteiger partial charge in [-0.15, -0.1) is 0 Å². The van der Waals surface area contributed by atoms with E-state index in [-0.39, 0.29) is 17.4 Å². The molecule has 7 nitrogen and oxygen atoms in total. The summed E-state index contributed by atoms with van der Waals surface area (Å²) in [5.41, 5.74) is 2.13. The van der Waals surface area contributed by atoms with Crippen LogP contribution in [0.15, 0.2) is 30.3 Å². The summed E-state index contributed by atoms with van der Waals surface area (Å²) < 4.78 is 11.4. The smallest absolute Gasteiger partial charge is 0.273 e. The van der Waals surface area contributed by atoms with Crippen molar-refractivity contribution in [2.45, 2.75) is 33.3 Å². The van der Waals surface area contributed by atoms with Gasteiger partial charge in [0, 0.05) is 35.2 Å². The summed E-state index contributed by atoms with van der Waals surface area (Å²) in [5.74, 6) is 0.824. The molecule has 1 aliphatic rings. The number of carbonyl (C=O) groups is 1. The molecule has 26 heavy (non-hydrogen) atoms. The Kier molecular flexibility index (Phi) is 4.79. The number of nitro groups is 1. The van der Waals surface area contributed by atoms with Crippen molar-refractivity contribution < 1.29 is 19.2 Å². The van der Waals surface area contributed by atoms with Gasteiger partial charge in [0.1, 0.15) is 17.6 Å². The maximum Gasteiger partial charge on any atom is 0.273 e. The highest BCUT2D eigenvalue weighted by Crippen LogP contribution is 2.38. The summed E-state index contributed by atoms with van der Waals surface area (Å²) in [5, 5.41) is 13.9. The van der Waals surface area contributed by atoms with E-state index < -0.39 is 10.8 Å². The Labute approximate surface area is 151 Å². The monoisotopic (exact) mass is 356 g/mol. The van der Waals surface area contributed by atoms with Crippen molar-refractivity contribution in [3.05, 3.63) is 57.1 Å². The Morgan fingerprint density at radius 2 is 2.15 bits per heavy atom. The van der Waals surface area contributed by atoms with Gasteiger partial charge in [0.2, 0.25) is 0 Å². The highest BCUT2D eigenvalue weighted by molar-refractivity contribution is 6.05. The molecule has 7 heteroatoms. The summed E-state index contributed by atoms with van der Waals surface area (Å²) in [6.07, 6.45) is 0.860. The van der Waals surface area contributed by atoms with Crippen molar-refractivity contribution in [1.29, 1.82) is 0 Å². The SMILES string of the molecule is CCOc1cc2c(cc1NC(=O)c1ccc(C)c([N+](=O)[O-])c1)O[C@@H](C)C2. The van der Waals surface area contributed by atoms with Crippen LogP contribution in [0, 0.1) is 17.0 Å². The number of hydrogen-bond donors (Lipinski definition) is 1. The van der Waals surface area contributed by atoms with Gasteiger partial charge in [0.25, 0.3) is 11.6 Å². The average molecular weight is 356 g/mol. The van der Waals surface area contributed by atoms with E-state index in [1.54, 1.807) is 25.1 Å². The Balaban J connectivity index is 1.91. The second-order valence-electron chi connectivity index (χ2n) is 6.23. The van der Waals surface area contributed by atoms with E-state index in [1.807, 2.05) is 19.9 Å². The third kappa shape index (κ3) is 3.46. The molecule has 1 N–H and O–H groups in total. The predicted octanol–water partition coefficient (Wildman–Crippen LogP) is 3.88. The summed E-state index contributed by atoms with van der Waals surface area (Å²) in [4.78, 5) is 23.2. The largest absolute Gasteiger partial charge is 0.492 e. The Morgan fingerprint density at radius 3 is 2.85 bits per heavy atom. The first-order valence-electron chi connectivity index (χ1n) is 8.41. The molecular formula is C19H20N2O5. The number of amides is 1. The van der Waals surface area contributed by atoms with Crippen molar-refractivity contribution in [2.75, 3.05) is 11.9 Å². The molecule has 2 aromatic carbocycles. The maximum absolute atomic E-state index is 12.6. The molecule has 1 aliphatic heterocycles. The van der Waals surface area contributed by atoms with Gasteiger partial charge in [-0.1, -0.05) is 6.07 Å². The highest BCUT2D eigenvalue weighted by atomic mass is 16.6. The standard InChI is InChI=1S/C19H20N2O5/c1-4-25-18-9-14-7-12(3)26-17(14)10-15(18)20-19(22)13-6-5-11(2)16(8-13)21(23)24/h5-6,8-10,12H,4,7H2,1-3H3,(H,20,22)/t12-/m0/s1. The molecule has 1 atom stereocenters. The van der Waals surface area contributed by atoms with Crippen LogP contribution < -0.4 is 14.8 Å². The van der Waals surface area contributed by atoms with E-state index in [2.05, 4.69) is 5.32 Å². The number of benzene rings is 2. The molecule has 0 aromatic heterocycles. The van der Waals surface area contributed by atoms with E-state index >= 15 is 0 Å². The molecule has 0 bridgehead atoms. The Hall–Kier alpha value is -3.09. The number of aryl methyl sites for hydroxylation is 1. The van der Waals surface area contributed by atoms with Crippen LogP contribution >= 0.6 is 0 Å². The number of nitrogens with one attached hydrogen (secondary N) is 1. The van der Waals surface area contributed by atoms with Crippen LogP contribution in [0.25, 0.3) is 0 Å². The molecule has 0 fully saturated rings. The number of ether oxygens (including phenoxy) is 2. The molecule has 1 amide bonds. The number of rotatable bonds is 5. The lowest BCUT2D eigenvalue weighted by atomic mass is 10.1. The fourth-order valence-corrected chi connectivity index (χ4v) is 2.95. The van der Waals surface area contributed by atoms with Crippen LogP contribution in [0.2, 0.25) is 0 Å². The quantitative estimate of drug-likeness (QED) is 0.648. The lowest BCUT2D eigenvalue weighted by Crippen LogP contribution is -2.13. The zero-order chi connectivity index (χ0) is 18.8. The molecule has 2 aromatic rings. The first kappa shape index (κ1) is 17.7. The lowest BCUT2D eigenvalue weighted by Gasteiger charge is -2.13. The molecule has 0 unspecified atom stereocenters. The third-order valence-corrected chi connectivity index (χ3v) is 4.21. The van der Waals surface area contributed by atoms with Crippen LogP contribution in [0.5, 0.6) is 11.5 Å². The zero-order valence-corrected chi connectivity index (χ0v) is 14.9. The number of nitrogens with zero attached hydrogens (tertiary/aromatic N) is 1. The fraction of sp³-hybridized carbons (Fsp3) is 0.316. The number of anilines is 1. The number of hydrogen-bond acceptors (Lipinski definition) is 5. The van der Waals surface area contributed by atoms with Gasteiger partial charge in [0.15, 0.2) is 0 Å². The molecule has 0 saturated carbocycles. The topological polar surface area (TPSA) is 90.7 Å². The number of carbonyl (C=O) groups excluding carboxylic acids is 1. The molecule has 136 valence electrons. The van der Waals surface area contributed by atoms with Crippen LogP contribution in [0.1, 0.15) is 35.3 Å². The van der Waals surface area contributed by atoms with Crippen molar-refractivity contribution in [3.63, 3.8) is 0 Å². The number of fused-ring (bicyclic) bond motifs is 1. The van der Waals surface area contributed by atoms with Crippen LogP contribution in [-0.2, 0) is 6.42 Å². The minimum Gasteiger partial charge on any atom is -0.492 e. The van der Waals surface area contributed by atoms with Gasteiger partial charge in [-0.2, -0.15) is 0 Å². The fourth-order valence-electron chi connectivity index (χ4n) is 2.95. The molecule has 0 aliphatic carbocycles. The lowest BCUT2D eigenvalue weighted by molar-refractivity contribution is -0.385. The maximum atomic E-state index is 12.6. The summed E-state index contributed by atoms with van der Waals surface area (Å²) >= 11 is 0. The minimum atomic E-state index is -0.498. The summed E-state index contributed by atoms with van der Waals surface area (Å²) in [6.45, 7) is 5.92. The molecule has 0 saturated heterocycles. The molecule has 0 spiro atoms. The Bertz CT molecular complexity index is 878. The van der Waals surface area contributed by atoms with Gasteiger partial charge in [-0.3, -0.25) is 14.9 Å². The van der Waals surface area contributed by atoms with Gasteiger partial charge in [-0.05, 0) is 32.9 Å². The van der Waals surface area contributed by atoms with Crippen molar-refractivity contribution in [1.82, 2.24) is 0 Å². The van der Waals surface area contributed by atoms with E-state index in [9.17, 15) is 14.9 Å². The third-order valence-electron chi connectivity index (χ3n) is 4.21. The second-order valence-corrected chi connectivity index (χ2v) is 6.23. The normalized spacial score (nSPS) is 15.1. The highest BCUT2D eigenvalue weighted by Gasteiger charge is 2.23. The summed E-state index contributed by atoms with van der Waals surface area (Å²) in [6, 6.07) is 8.00. The van der Waals surface area contributed by atoms with Gasteiger partial charge in [0.05, 0.1) is 17.2 Å². The van der Waals surface area contributed by atoms with Gasteiger partial charge >= 0.3 is 0 Å². The van der Waals surface area contributed by atoms with Gasteiger partial charge < -0.3 is 14.8 Å². The second kappa shape index (κ2) is 7.03. The predicted molar refractivity (Wildman–Crippen MR) is 97.2 cm³/mol. The van der Waals surface area contributed by atoms with Crippen molar-refractivity contribution in [3.8, 4) is 11.5 Å². The van der Waals surface area contributed by atoms with Gasteiger partial charge in [-0.25, -0.2) is 0 Å². The number of nitro benzene ring substituents is 1. The van der Waals surface area contributed by atoms with Crippen LogP contribution in [0.4, 0.5) is 11.4 Å². The van der Waals surface area contributed by atoms with E-state index in [1.165, 1.54) is 6.07 Å². The summed E-state index contributed by atoms with van der Waals surface area (Å²) in [7, 11) is 0. The van der Waals surface area contributed by atoms with E-state index in [0.29, 0.717) is 29.4 Å². The van der Waals surface area contributed by atoms with E-state index in [0.717, 1.165) is 12.0 Å². The molecule has 0 radical (unpaired) electrons. The average Bonchev–Trinajstić information content (AvgIpc) is 2.94. The first-order valence-corrected chi connectivity index (χ1v) is 8.41. The van der Waals surface area contributed by atoms with Crippen molar-refractivity contribution >= 4 is 17.3 Å². The van der Waals surface area contributed by atoms with Crippen LogP contribution in [0.3, 0.4) is 0 Å². The molecule has 1 heterocycles. The van der Waals surface area contributed by atoms with E-state index in [4.69, 9.17) is 9.47 Å².